The van der Waals surface area contributed by atoms with Crippen molar-refractivity contribution in [3.05, 3.63) is 0 Å². The first-order valence-electron chi connectivity index (χ1n) is 3.98. The van der Waals surface area contributed by atoms with Gasteiger partial charge in [-0.3, -0.25) is 0 Å². The van der Waals surface area contributed by atoms with Crippen LogP contribution in [0.15, 0.2) is 0 Å². The fourth-order valence-corrected chi connectivity index (χ4v) is 0.395. The third-order valence-corrected chi connectivity index (χ3v) is 0.744. The topological polar surface area (TPSA) is 110 Å². The van der Waals surface area contributed by atoms with Crippen LogP contribution in [0, 0.1) is 0 Å². The van der Waals surface area contributed by atoms with Crippen LogP contribution in [-0.2, 0) is 14.3 Å². The summed E-state index contributed by atoms with van der Waals surface area (Å²) in [5, 5.41) is 16.0. The van der Waals surface area contributed by atoms with Crippen LogP contribution in [0.3, 0.4) is 0 Å². The molecule has 0 saturated carbocycles. The molecule has 0 aromatic carbocycles. The van der Waals surface area contributed by atoms with Crippen LogP contribution < -0.4 is 0 Å². The first kappa shape index (κ1) is 15.7. The van der Waals surface area contributed by atoms with Crippen LogP contribution in [0.2, 0.25) is 0 Å². The highest BCUT2D eigenvalue weighted by molar-refractivity contribution is 5.72. The number of Topliss-reactive ketones (excluding diaryl/α,β-unsaturated/α-hetero) is 1. The van der Waals surface area contributed by atoms with E-state index >= 15 is 0 Å². The Labute approximate surface area is 86.6 Å². The molecule has 88 valence electrons. The summed E-state index contributed by atoms with van der Waals surface area (Å²) in [6.07, 6.45) is -3.68. The third kappa shape index (κ3) is 24.5. The maximum absolute atomic E-state index is 9.83. The molecule has 0 radical (unpaired) electrons. The summed E-state index contributed by atoms with van der Waals surface area (Å²) in [5.74, 6) is 0.167. The van der Waals surface area contributed by atoms with Crippen LogP contribution in [0.25, 0.3) is 0 Å². The van der Waals surface area contributed by atoms with E-state index in [2.05, 4.69) is 9.47 Å². The average Bonchev–Trinajstić information content (AvgIpc) is 1.98. The lowest BCUT2D eigenvalue weighted by Gasteiger charge is -2.08. The van der Waals surface area contributed by atoms with E-state index in [0.717, 1.165) is 0 Å². The Morgan fingerprint density at radius 2 is 1.53 bits per heavy atom. The van der Waals surface area contributed by atoms with Gasteiger partial charge in [0, 0.05) is 0 Å². The predicted molar refractivity (Wildman–Crippen MR) is 48.9 cm³/mol. The van der Waals surface area contributed by atoms with Gasteiger partial charge in [0.05, 0.1) is 0 Å². The van der Waals surface area contributed by atoms with Crippen molar-refractivity contribution in [1.29, 1.82) is 0 Å². The molecule has 0 bridgehead atoms. The van der Waals surface area contributed by atoms with Crippen LogP contribution >= 0.6 is 0 Å². The molecular weight excluding hydrogens is 208 g/mol. The molecule has 0 spiro atoms. The minimum atomic E-state index is -1.45. The zero-order valence-corrected chi connectivity index (χ0v) is 8.72. The summed E-state index contributed by atoms with van der Waals surface area (Å²) in [7, 11) is 0. The van der Waals surface area contributed by atoms with Crippen molar-refractivity contribution >= 4 is 18.1 Å². The monoisotopic (exact) mass is 222 g/mol. The molecule has 15 heavy (non-hydrogen) atoms. The van der Waals surface area contributed by atoms with Crippen molar-refractivity contribution in [2.24, 2.45) is 0 Å². The molecule has 0 saturated heterocycles. The predicted octanol–water partition coefficient (Wildman–Crippen LogP) is 1.36. The summed E-state index contributed by atoms with van der Waals surface area (Å²) in [5.41, 5.74) is 0. The first-order valence-corrected chi connectivity index (χ1v) is 3.98. The minimum absolute atomic E-state index is 0.167. The third-order valence-electron chi connectivity index (χ3n) is 0.744. The van der Waals surface area contributed by atoms with Gasteiger partial charge in [-0.15, -0.1) is 0 Å². The highest BCUT2D eigenvalue weighted by Gasteiger charge is 2.09. The first-order chi connectivity index (χ1) is 6.75. The molecule has 0 heterocycles. The smallest absolute Gasteiger partial charge is 0.450 e. The van der Waals surface area contributed by atoms with Gasteiger partial charge in [-0.25, -0.2) is 9.59 Å². The molecule has 0 aromatic heterocycles. The van der Waals surface area contributed by atoms with Crippen molar-refractivity contribution in [2.75, 3.05) is 6.61 Å². The van der Waals surface area contributed by atoms with Gasteiger partial charge >= 0.3 is 12.3 Å². The lowest BCUT2D eigenvalue weighted by atomic mass is 10.4. The molecule has 1 atom stereocenters. The molecule has 0 aliphatic carbocycles. The lowest BCUT2D eigenvalue weighted by Crippen LogP contribution is -2.20. The van der Waals surface area contributed by atoms with Crippen LogP contribution in [0.1, 0.15) is 20.8 Å². The summed E-state index contributed by atoms with van der Waals surface area (Å²) >= 11 is 0. The quantitative estimate of drug-likeness (QED) is 0.693. The van der Waals surface area contributed by atoms with Crippen LogP contribution in [0.4, 0.5) is 9.59 Å². The van der Waals surface area contributed by atoms with E-state index in [1.54, 1.807) is 0 Å². The van der Waals surface area contributed by atoms with Gasteiger partial charge < -0.3 is 24.5 Å². The molecular formula is C8H14O7. The standard InChI is InChI=1S/C5H8O6.C3H6O/c1-3(11-5(8)9)2-10-4(6)7;1-3(2)4/h3H,2H2,1H3,(H,6,7)(H,8,9);1-2H3. The van der Waals surface area contributed by atoms with Gasteiger partial charge in [-0.05, 0) is 20.8 Å². The van der Waals surface area contributed by atoms with Crippen LogP contribution in [-0.4, -0.2) is 41.0 Å². The Morgan fingerprint density at radius 1 is 1.13 bits per heavy atom. The second kappa shape index (κ2) is 8.79. The molecule has 1 unspecified atom stereocenters. The highest BCUT2D eigenvalue weighted by atomic mass is 16.7. The van der Waals surface area contributed by atoms with Gasteiger partial charge in [0.2, 0.25) is 0 Å². The number of carbonyl (C=O) groups excluding carboxylic acids is 1. The van der Waals surface area contributed by atoms with Gasteiger partial charge in [-0.2, -0.15) is 0 Å². The van der Waals surface area contributed by atoms with E-state index in [4.69, 9.17) is 10.2 Å². The zero-order valence-electron chi connectivity index (χ0n) is 8.72. The molecule has 7 nitrogen and oxygen atoms in total. The maximum atomic E-state index is 9.83. The van der Waals surface area contributed by atoms with E-state index < -0.39 is 18.4 Å². The summed E-state index contributed by atoms with van der Waals surface area (Å²) in [6, 6.07) is 0. The molecule has 0 aliphatic heterocycles. The summed E-state index contributed by atoms with van der Waals surface area (Å²) < 4.78 is 8.16. The second-order valence-corrected chi connectivity index (χ2v) is 2.68. The van der Waals surface area contributed by atoms with Gasteiger partial charge in [-0.1, -0.05) is 0 Å². The molecule has 0 rings (SSSR count). The Kier molecular flexibility index (Phi) is 9.19. The Balaban J connectivity index is 0. The molecule has 0 amide bonds. The molecule has 7 heteroatoms. The van der Waals surface area contributed by atoms with Crippen molar-refractivity contribution in [1.82, 2.24) is 0 Å². The second-order valence-electron chi connectivity index (χ2n) is 2.68. The number of hydrogen-bond donors (Lipinski definition) is 2. The van der Waals surface area contributed by atoms with Crippen molar-refractivity contribution in [3.63, 3.8) is 0 Å². The van der Waals surface area contributed by atoms with Crippen LogP contribution in [0.5, 0.6) is 0 Å². The van der Waals surface area contributed by atoms with E-state index in [0.29, 0.717) is 0 Å². The molecule has 0 aromatic rings. The minimum Gasteiger partial charge on any atom is -0.450 e. The Hall–Kier alpha value is -1.79. The average molecular weight is 222 g/mol. The Bertz CT molecular complexity index is 219. The summed E-state index contributed by atoms with van der Waals surface area (Å²) in [6.45, 7) is 4.15. The fourth-order valence-electron chi connectivity index (χ4n) is 0.395. The van der Waals surface area contributed by atoms with E-state index in [1.165, 1.54) is 20.8 Å². The summed E-state index contributed by atoms with van der Waals surface area (Å²) in [4.78, 5) is 29.0. The zero-order chi connectivity index (χ0) is 12.4. The van der Waals surface area contributed by atoms with Crippen molar-refractivity contribution in [2.45, 2.75) is 26.9 Å². The van der Waals surface area contributed by atoms with E-state index in [-0.39, 0.29) is 12.4 Å². The SMILES string of the molecule is CC(C)=O.CC(COC(=O)O)OC(=O)O. The van der Waals surface area contributed by atoms with Gasteiger partial charge in [0.15, 0.2) is 0 Å². The molecule has 0 fully saturated rings. The van der Waals surface area contributed by atoms with E-state index in [9.17, 15) is 14.4 Å². The van der Waals surface area contributed by atoms with Crippen molar-refractivity contribution < 1.29 is 34.1 Å². The number of rotatable bonds is 3. The number of carboxylic acid groups (broad SMARTS) is 2. The highest BCUT2D eigenvalue weighted by Crippen LogP contribution is 1.92. The number of ketones is 1. The number of carbonyl (C=O) groups is 3. The maximum Gasteiger partial charge on any atom is 0.506 e. The van der Waals surface area contributed by atoms with Gasteiger partial charge in [0.1, 0.15) is 18.5 Å². The Morgan fingerprint density at radius 3 is 1.80 bits per heavy atom. The molecule has 2 N–H and O–H groups in total. The van der Waals surface area contributed by atoms with Gasteiger partial charge in [0.25, 0.3) is 0 Å². The van der Waals surface area contributed by atoms with E-state index in [1.807, 2.05) is 0 Å². The lowest BCUT2D eigenvalue weighted by molar-refractivity contribution is -0.115. The largest absolute Gasteiger partial charge is 0.506 e. The number of ether oxygens (including phenoxy) is 2. The normalized spacial score (nSPS) is 10.3. The number of hydrogen-bond acceptors (Lipinski definition) is 5. The fraction of sp³-hybridized carbons (Fsp3) is 0.625. The van der Waals surface area contributed by atoms with Crippen molar-refractivity contribution in [3.8, 4) is 0 Å². The molecule has 0 aliphatic rings.